The molecule has 0 aliphatic carbocycles. The van der Waals surface area contributed by atoms with Gasteiger partial charge in [0.05, 0.1) is 0 Å². The number of rotatable bonds is 9. The van der Waals surface area contributed by atoms with Crippen LogP contribution >= 0.6 is 11.3 Å². The number of carbonyl (C=O) groups is 1. The smallest absolute Gasteiger partial charge is 0.164 e. The number of pyridine rings is 1. The van der Waals surface area contributed by atoms with Gasteiger partial charge in [0.15, 0.2) is 5.78 Å². The molecular weight excluding hydrogens is 827 g/mol. The molecule has 0 saturated heterocycles. The summed E-state index contributed by atoms with van der Waals surface area (Å²) >= 11 is 1.75. The van der Waals surface area contributed by atoms with Crippen molar-refractivity contribution in [1.82, 2.24) is 4.98 Å². The first-order valence-corrected chi connectivity index (χ1v) is 18.8. The van der Waals surface area contributed by atoms with E-state index < -0.39 is 0 Å². The summed E-state index contributed by atoms with van der Waals surface area (Å²) in [6.07, 6.45) is 6.60. The number of carbonyl (C=O) groups excluding carboxylic acids is 1. The van der Waals surface area contributed by atoms with Crippen molar-refractivity contribution in [2.24, 2.45) is 10.8 Å². The molecule has 0 aliphatic rings. The van der Waals surface area contributed by atoms with E-state index in [0.29, 0.717) is 0 Å². The Bertz CT molecular complexity index is 2170. The zero-order valence-corrected chi connectivity index (χ0v) is 35.0. The summed E-state index contributed by atoms with van der Waals surface area (Å²) in [6.45, 7) is 21.0. The van der Waals surface area contributed by atoms with Gasteiger partial charge in [0.25, 0.3) is 0 Å². The van der Waals surface area contributed by atoms with Crippen molar-refractivity contribution in [1.29, 1.82) is 0 Å². The van der Waals surface area contributed by atoms with Crippen LogP contribution in [-0.4, -0.2) is 15.9 Å². The summed E-state index contributed by atoms with van der Waals surface area (Å²) in [5.41, 5.74) is 5.77. The van der Waals surface area contributed by atoms with Gasteiger partial charge in [0.2, 0.25) is 0 Å². The maximum absolute atomic E-state index is 12.2. The van der Waals surface area contributed by atoms with E-state index in [0.717, 1.165) is 70.2 Å². The van der Waals surface area contributed by atoms with Crippen molar-refractivity contribution < 1.29 is 34.4 Å². The molecule has 0 saturated carbocycles. The van der Waals surface area contributed by atoms with Crippen LogP contribution in [0.5, 0.6) is 0 Å². The second-order valence-electron chi connectivity index (χ2n) is 15.1. The Kier molecular flexibility index (Phi) is 12.6. The van der Waals surface area contributed by atoms with Gasteiger partial charge in [-0.2, -0.15) is 0 Å². The number of benzene rings is 3. The van der Waals surface area contributed by atoms with E-state index in [-0.39, 0.29) is 47.9 Å². The maximum atomic E-state index is 12.2. The molecule has 0 amide bonds. The average molecular weight is 879 g/mol. The van der Waals surface area contributed by atoms with Crippen LogP contribution in [0, 0.1) is 23.8 Å². The van der Waals surface area contributed by atoms with Gasteiger partial charge in [0.1, 0.15) is 17.1 Å². The SMILES string of the molecule is CCC(C)(CC)C(=O)/C=C(\O)C(C)(CC)CC.Cc1c(-c2csc3ccccc23)oc2ccnc(-c3[c-]c4ccccc4c(C(C)(C)C)c3)c12.[Ir]. The molecule has 51 heavy (non-hydrogen) atoms. The zero-order valence-electron chi connectivity index (χ0n) is 31.8. The summed E-state index contributed by atoms with van der Waals surface area (Å²) in [5, 5.41) is 17.0. The van der Waals surface area contributed by atoms with Crippen molar-refractivity contribution in [3.05, 3.63) is 101 Å². The quantitative estimate of drug-likeness (QED) is 0.0893. The van der Waals surface area contributed by atoms with Crippen LogP contribution in [0.2, 0.25) is 0 Å². The van der Waals surface area contributed by atoms with Gasteiger partial charge in [-0.05, 0) is 55.7 Å². The van der Waals surface area contributed by atoms with Crippen LogP contribution in [0.4, 0.5) is 0 Å². The number of nitrogens with zero attached hydrogens (tertiary/aromatic N) is 1. The Morgan fingerprint density at radius 1 is 0.882 bits per heavy atom. The number of ketones is 1. The first-order valence-electron chi connectivity index (χ1n) is 18.0. The van der Waals surface area contributed by atoms with Crippen LogP contribution in [0.25, 0.3) is 54.4 Å². The van der Waals surface area contributed by atoms with E-state index in [1.165, 1.54) is 27.1 Å². The van der Waals surface area contributed by atoms with Crippen LogP contribution in [0.15, 0.2) is 88.5 Å². The van der Waals surface area contributed by atoms with E-state index in [1.807, 2.05) is 53.8 Å². The van der Waals surface area contributed by atoms with Crippen molar-refractivity contribution in [2.75, 3.05) is 0 Å². The number of aryl methyl sites for hydroxylation is 1. The number of fused-ring (bicyclic) bond motifs is 3. The van der Waals surface area contributed by atoms with Crippen LogP contribution in [-0.2, 0) is 30.3 Å². The summed E-state index contributed by atoms with van der Waals surface area (Å²) in [4.78, 5) is 17.0. The van der Waals surface area contributed by atoms with Crippen LogP contribution in [0.3, 0.4) is 0 Å². The molecule has 1 radical (unpaired) electrons. The van der Waals surface area contributed by atoms with E-state index in [9.17, 15) is 9.90 Å². The fourth-order valence-electron chi connectivity index (χ4n) is 6.47. The minimum absolute atomic E-state index is 0. The third kappa shape index (κ3) is 7.94. The monoisotopic (exact) mass is 879 g/mol. The third-order valence-electron chi connectivity index (χ3n) is 11.0. The molecule has 6 heteroatoms. The second kappa shape index (κ2) is 16.0. The average Bonchev–Trinajstić information content (AvgIpc) is 3.70. The van der Waals surface area contributed by atoms with Crippen molar-refractivity contribution in [2.45, 2.75) is 100 Å². The summed E-state index contributed by atoms with van der Waals surface area (Å²) in [7, 11) is 0. The topological polar surface area (TPSA) is 63.3 Å². The number of allylic oxidation sites excluding steroid dienone is 2. The molecule has 0 bridgehead atoms. The Morgan fingerprint density at radius 3 is 2.12 bits per heavy atom. The zero-order chi connectivity index (χ0) is 36.4. The van der Waals surface area contributed by atoms with E-state index in [1.54, 1.807) is 11.3 Å². The number of aromatic nitrogens is 1. The number of furan rings is 1. The molecule has 3 aromatic carbocycles. The Labute approximate surface area is 321 Å². The fraction of sp³-hybridized carbons (Fsp3) is 0.378. The summed E-state index contributed by atoms with van der Waals surface area (Å²) in [6, 6.07) is 24.9. The number of hydrogen-bond acceptors (Lipinski definition) is 5. The van der Waals surface area contributed by atoms with Gasteiger partial charge in [-0.25, -0.2) is 0 Å². The molecule has 0 fully saturated rings. The molecule has 0 atom stereocenters. The van der Waals surface area contributed by atoms with E-state index in [2.05, 4.69) is 93.7 Å². The first-order chi connectivity index (χ1) is 23.7. The van der Waals surface area contributed by atoms with Gasteiger partial charge in [-0.3, -0.25) is 9.78 Å². The first kappa shape index (κ1) is 40.2. The molecule has 4 nitrogen and oxygen atoms in total. The molecule has 0 aliphatic heterocycles. The molecule has 6 rings (SSSR count). The van der Waals surface area contributed by atoms with Crippen molar-refractivity contribution in [3.63, 3.8) is 0 Å². The second-order valence-corrected chi connectivity index (χ2v) is 16.0. The fourth-order valence-corrected chi connectivity index (χ4v) is 7.41. The van der Waals surface area contributed by atoms with E-state index >= 15 is 0 Å². The third-order valence-corrected chi connectivity index (χ3v) is 12.0. The number of hydrogen-bond donors (Lipinski definition) is 1. The summed E-state index contributed by atoms with van der Waals surface area (Å²) < 4.78 is 7.72. The predicted octanol–water partition coefficient (Wildman–Crippen LogP) is 13.6. The predicted molar refractivity (Wildman–Crippen MR) is 213 cm³/mol. The van der Waals surface area contributed by atoms with Gasteiger partial charge in [-0.15, -0.1) is 40.5 Å². The van der Waals surface area contributed by atoms with Crippen molar-refractivity contribution in [3.8, 4) is 22.6 Å². The Balaban J connectivity index is 0.000000279. The molecule has 1 N–H and O–H groups in total. The van der Waals surface area contributed by atoms with Gasteiger partial charge < -0.3 is 9.52 Å². The molecule has 3 aromatic heterocycles. The molecule has 271 valence electrons. The maximum Gasteiger partial charge on any atom is 0.164 e. The van der Waals surface area contributed by atoms with Gasteiger partial charge in [-0.1, -0.05) is 110 Å². The molecule has 0 unspecified atom stereocenters. The Morgan fingerprint density at radius 2 is 1.49 bits per heavy atom. The van der Waals surface area contributed by atoms with Crippen molar-refractivity contribution >= 4 is 48.9 Å². The van der Waals surface area contributed by atoms with Crippen LogP contribution in [0.1, 0.15) is 99.1 Å². The number of thiophene rings is 1. The molecule has 3 heterocycles. The molecule has 0 spiro atoms. The minimum Gasteiger partial charge on any atom is -0.512 e. The van der Waals surface area contributed by atoms with E-state index in [4.69, 9.17) is 9.40 Å². The summed E-state index contributed by atoms with van der Waals surface area (Å²) in [5.74, 6) is 1.21. The normalized spacial score (nSPS) is 12.5. The van der Waals surface area contributed by atoms with Gasteiger partial charge in [0, 0.05) is 75.3 Å². The van der Waals surface area contributed by atoms with Gasteiger partial charge >= 0.3 is 0 Å². The molecule has 6 aromatic rings. The number of aliphatic hydroxyl groups is 1. The standard InChI is InChI=1S/C30H24NOS.C15H28O2.Ir/c1-18-27-25(32-29(18)23-17-33-26-12-8-7-11-22(23)26)13-14-31-28(27)20-15-19-9-5-6-10-21(19)24(16-20)30(2,3)4;1-7-14(5,8-2)12(16)11-13(17)15(6,9-3)10-4;/h5-14,16-17H,1-4H3;11,16H,7-10H2,1-6H3;/q-1;;/b;12-11-;. The van der Waals surface area contributed by atoms with Crippen LogP contribution < -0.4 is 0 Å². The number of aliphatic hydroxyl groups excluding tert-OH is 1. The largest absolute Gasteiger partial charge is 0.512 e. The molecular formula is C45H52IrNO3S-. The Hall–Kier alpha value is -3.57. The minimum atomic E-state index is -0.337.